The molecule has 0 saturated carbocycles. The van der Waals surface area contributed by atoms with Gasteiger partial charge in [0.25, 0.3) is 0 Å². The van der Waals surface area contributed by atoms with Crippen molar-refractivity contribution in [3.8, 4) is 5.75 Å². The van der Waals surface area contributed by atoms with E-state index in [-0.39, 0.29) is 6.04 Å². The van der Waals surface area contributed by atoms with Crippen molar-refractivity contribution in [2.75, 3.05) is 6.61 Å². The van der Waals surface area contributed by atoms with E-state index in [1.165, 1.54) is 6.20 Å². The SMILES string of the molecule is CC(C)CC(N)COc1cc2oc(=O)c3cnccc3c2cc1Br. The maximum absolute atomic E-state index is 12.1. The first-order chi connectivity index (χ1) is 11.5. The van der Waals surface area contributed by atoms with Crippen LogP contribution in [0.25, 0.3) is 21.7 Å². The quantitative estimate of drug-likeness (QED) is 0.528. The number of nitrogens with two attached hydrogens (primary N) is 1. The molecule has 0 spiro atoms. The molecule has 0 aliphatic heterocycles. The Balaban J connectivity index is 1.98. The third-order valence-corrected chi connectivity index (χ3v) is 4.41. The first-order valence-corrected chi connectivity index (χ1v) is 8.63. The fourth-order valence-electron chi connectivity index (χ4n) is 2.76. The monoisotopic (exact) mass is 390 g/mol. The summed E-state index contributed by atoms with van der Waals surface area (Å²) in [6.45, 7) is 4.66. The van der Waals surface area contributed by atoms with Crippen molar-refractivity contribution in [1.29, 1.82) is 0 Å². The second-order valence-corrected chi connectivity index (χ2v) is 7.14. The highest BCUT2D eigenvalue weighted by Gasteiger charge is 2.13. The normalized spacial score (nSPS) is 12.9. The lowest BCUT2D eigenvalue weighted by molar-refractivity contribution is 0.269. The molecular weight excluding hydrogens is 372 g/mol. The lowest BCUT2D eigenvalue weighted by atomic mass is 10.1. The average Bonchev–Trinajstić information content (AvgIpc) is 2.53. The molecule has 0 fully saturated rings. The van der Waals surface area contributed by atoms with Crippen molar-refractivity contribution in [3.05, 3.63) is 45.5 Å². The van der Waals surface area contributed by atoms with Crippen LogP contribution in [0, 0.1) is 5.92 Å². The molecule has 0 radical (unpaired) electrons. The molecule has 0 amide bonds. The molecular formula is C18H19BrN2O3. The van der Waals surface area contributed by atoms with Crippen LogP contribution in [0.5, 0.6) is 5.75 Å². The maximum atomic E-state index is 12.1. The molecule has 1 aromatic carbocycles. The zero-order valence-electron chi connectivity index (χ0n) is 13.6. The topological polar surface area (TPSA) is 78.4 Å². The van der Waals surface area contributed by atoms with Gasteiger partial charge in [0.2, 0.25) is 0 Å². The van der Waals surface area contributed by atoms with Gasteiger partial charge >= 0.3 is 5.63 Å². The van der Waals surface area contributed by atoms with Gasteiger partial charge in [0.05, 0.1) is 9.86 Å². The zero-order valence-corrected chi connectivity index (χ0v) is 15.2. The van der Waals surface area contributed by atoms with Crippen molar-refractivity contribution in [1.82, 2.24) is 4.98 Å². The molecule has 0 aliphatic carbocycles. The van der Waals surface area contributed by atoms with Crippen LogP contribution in [0.1, 0.15) is 20.3 Å². The number of nitrogens with zero attached hydrogens (tertiary/aromatic N) is 1. The van der Waals surface area contributed by atoms with Crippen molar-refractivity contribution >= 4 is 37.7 Å². The van der Waals surface area contributed by atoms with Crippen molar-refractivity contribution in [2.45, 2.75) is 26.3 Å². The highest BCUT2D eigenvalue weighted by Crippen LogP contribution is 2.33. The number of halogens is 1. The Labute approximate surface area is 147 Å². The highest BCUT2D eigenvalue weighted by molar-refractivity contribution is 9.10. The van der Waals surface area contributed by atoms with Crippen LogP contribution >= 0.6 is 15.9 Å². The fourth-order valence-corrected chi connectivity index (χ4v) is 3.22. The molecule has 1 atom stereocenters. The van der Waals surface area contributed by atoms with Crippen molar-refractivity contribution < 1.29 is 9.15 Å². The molecule has 3 rings (SSSR count). The van der Waals surface area contributed by atoms with Crippen LogP contribution in [0.4, 0.5) is 0 Å². The van der Waals surface area contributed by atoms with E-state index in [0.29, 0.717) is 29.2 Å². The van der Waals surface area contributed by atoms with E-state index in [4.69, 9.17) is 14.9 Å². The number of ether oxygens (including phenoxy) is 1. The average molecular weight is 391 g/mol. The smallest absolute Gasteiger partial charge is 0.345 e. The van der Waals surface area contributed by atoms with E-state index >= 15 is 0 Å². The maximum Gasteiger partial charge on any atom is 0.345 e. The lowest BCUT2D eigenvalue weighted by Gasteiger charge is -2.16. The van der Waals surface area contributed by atoms with Crippen LogP contribution < -0.4 is 16.1 Å². The number of hydrogen-bond donors (Lipinski definition) is 1. The summed E-state index contributed by atoms with van der Waals surface area (Å²) < 4.78 is 12.0. The van der Waals surface area contributed by atoms with Gasteiger partial charge in [-0.05, 0) is 40.4 Å². The van der Waals surface area contributed by atoms with Crippen LogP contribution in [0.15, 0.2) is 44.3 Å². The summed E-state index contributed by atoms with van der Waals surface area (Å²) in [6.07, 6.45) is 4.06. The number of benzene rings is 1. The van der Waals surface area contributed by atoms with Crippen LogP contribution in [0.3, 0.4) is 0 Å². The summed E-state index contributed by atoms with van der Waals surface area (Å²) in [5.41, 5.74) is 6.14. The Morgan fingerprint density at radius 1 is 1.29 bits per heavy atom. The van der Waals surface area contributed by atoms with E-state index in [2.05, 4.69) is 34.8 Å². The molecule has 0 bridgehead atoms. The molecule has 2 aromatic heterocycles. The van der Waals surface area contributed by atoms with Gasteiger partial charge in [-0.3, -0.25) is 4.98 Å². The minimum atomic E-state index is -0.407. The predicted molar refractivity (Wildman–Crippen MR) is 98.4 cm³/mol. The summed E-state index contributed by atoms with van der Waals surface area (Å²) >= 11 is 3.52. The van der Waals surface area contributed by atoms with Gasteiger partial charge in [-0.1, -0.05) is 13.8 Å². The minimum absolute atomic E-state index is 0.0396. The van der Waals surface area contributed by atoms with Crippen LogP contribution in [0.2, 0.25) is 0 Å². The highest BCUT2D eigenvalue weighted by atomic mass is 79.9. The Morgan fingerprint density at radius 3 is 2.83 bits per heavy atom. The zero-order chi connectivity index (χ0) is 17.3. The van der Waals surface area contributed by atoms with E-state index in [1.807, 2.05) is 6.07 Å². The molecule has 5 nitrogen and oxygen atoms in total. The summed E-state index contributed by atoms with van der Waals surface area (Å²) in [5.74, 6) is 1.12. The number of aromatic nitrogens is 1. The van der Waals surface area contributed by atoms with E-state index < -0.39 is 5.63 Å². The molecule has 2 heterocycles. The van der Waals surface area contributed by atoms with Crippen LogP contribution in [-0.4, -0.2) is 17.6 Å². The van der Waals surface area contributed by atoms with Crippen molar-refractivity contribution in [2.24, 2.45) is 11.7 Å². The molecule has 2 N–H and O–H groups in total. The Morgan fingerprint density at radius 2 is 2.08 bits per heavy atom. The molecule has 126 valence electrons. The Bertz CT molecular complexity index is 937. The standard InChI is InChI=1S/C18H19BrN2O3/c1-10(2)5-11(20)9-23-17-7-16-13(6-15(17)19)12-3-4-21-8-14(12)18(22)24-16/h3-4,6-8,10-11H,5,9,20H2,1-2H3. The first kappa shape index (κ1) is 16.9. The number of fused-ring (bicyclic) bond motifs is 3. The van der Waals surface area contributed by atoms with Gasteiger partial charge in [-0.25, -0.2) is 4.79 Å². The Hall–Kier alpha value is -1.92. The van der Waals surface area contributed by atoms with E-state index in [1.54, 1.807) is 18.3 Å². The van der Waals surface area contributed by atoms with Gasteiger partial charge in [-0.15, -0.1) is 0 Å². The predicted octanol–water partition coefficient (Wildman–Crippen LogP) is 3.86. The van der Waals surface area contributed by atoms with Gasteiger partial charge in [0, 0.05) is 35.3 Å². The van der Waals surface area contributed by atoms with E-state index in [0.717, 1.165) is 21.7 Å². The van der Waals surface area contributed by atoms with Crippen LogP contribution in [-0.2, 0) is 0 Å². The molecule has 6 heteroatoms. The number of hydrogen-bond acceptors (Lipinski definition) is 5. The molecule has 24 heavy (non-hydrogen) atoms. The first-order valence-electron chi connectivity index (χ1n) is 7.84. The summed E-state index contributed by atoms with van der Waals surface area (Å²) in [7, 11) is 0. The van der Waals surface area contributed by atoms with Crippen molar-refractivity contribution in [3.63, 3.8) is 0 Å². The number of rotatable bonds is 5. The third kappa shape index (κ3) is 3.44. The lowest BCUT2D eigenvalue weighted by Crippen LogP contribution is -2.29. The summed E-state index contributed by atoms with van der Waals surface area (Å²) in [5, 5.41) is 2.10. The van der Waals surface area contributed by atoms with E-state index in [9.17, 15) is 4.79 Å². The van der Waals surface area contributed by atoms with Gasteiger partial charge < -0.3 is 14.9 Å². The molecule has 0 aliphatic rings. The molecule has 0 saturated heterocycles. The third-order valence-electron chi connectivity index (χ3n) is 3.79. The second kappa shape index (κ2) is 6.91. The molecule has 3 aromatic rings. The van der Waals surface area contributed by atoms with Gasteiger partial charge in [0.15, 0.2) is 0 Å². The largest absolute Gasteiger partial charge is 0.491 e. The molecule has 1 unspecified atom stereocenters. The minimum Gasteiger partial charge on any atom is -0.491 e. The second-order valence-electron chi connectivity index (χ2n) is 6.29. The summed E-state index contributed by atoms with van der Waals surface area (Å²) in [6, 6.07) is 5.38. The fraction of sp³-hybridized carbons (Fsp3) is 0.333. The summed E-state index contributed by atoms with van der Waals surface area (Å²) in [4.78, 5) is 16.1. The van der Waals surface area contributed by atoms with Gasteiger partial charge in [0.1, 0.15) is 17.9 Å². The number of pyridine rings is 1. The van der Waals surface area contributed by atoms with Gasteiger partial charge in [-0.2, -0.15) is 0 Å². The Kier molecular flexibility index (Phi) is 4.87.